The van der Waals surface area contributed by atoms with Gasteiger partial charge in [-0.15, -0.1) is 0 Å². The van der Waals surface area contributed by atoms with Crippen LogP contribution in [0.1, 0.15) is 24.2 Å². The van der Waals surface area contributed by atoms with E-state index in [0.717, 1.165) is 0 Å². The minimum Gasteiger partial charge on any atom is -0.478 e. The number of hydrogen-bond donors (Lipinski definition) is 3. The molecular formula is C11H14N2O6S. The van der Waals surface area contributed by atoms with Crippen molar-refractivity contribution in [2.24, 2.45) is 0 Å². The van der Waals surface area contributed by atoms with E-state index in [1.54, 1.807) is 18.6 Å². The summed E-state index contributed by atoms with van der Waals surface area (Å²) in [6.07, 6.45) is -1.56. The van der Waals surface area contributed by atoms with Gasteiger partial charge < -0.3 is 9.84 Å². The molecule has 0 spiro atoms. The number of ether oxygens (including phenoxy) is 1. The van der Waals surface area contributed by atoms with Gasteiger partial charge in [-0.2, -0.15) is 8.42 Å². The summed E-state index contributed by atoms with van der Waals surface area (Å²) in [6.45, 7) is 3.15. The molecular weight excluding hydrogens is 288 g/mol. The molecule has 0 heterocycles. The lowest BCUT2D eigenvalue weighted by Crippen LogP contribution is -2.36. The first kappa shape index (κ1) is 15.8. The molecule has 0 saturated carbocycles. The van der Waals surface area contributed by atoms with Crippen molar-refractivity contribution in [3.05, 3.63) is 29.8 Å². The molecule has 1 rings (SSSR count). The van der Waals surface area contributed by atoms with Gasteiger partial charge in [-0.25, -0.2) is 14.3 Å². The minimum absolute atomic E-state index is 0.0140. The number of aromatic carboxylic acids is 1. The van der Waals surface area contributed by atoms with E-state index in [9.17, 15) is 18.0 Å². The summed E-state index contributed by atoms with van der Waals surface area (Å²) in [5.74, 6) is -1.13. The zero-order chi connectivity index (χ0) is 15.3. The van der Waals surface area contributed by atoms with E-state index in [-0.39, 0.29) is 11.3 Å². The van der Waals surface area contributed by atoms with Crippen molar-refractivity contribution in [2.45, 2.75) is 20.0 Å². The zero-order valence-electron chi connectivity index (χ0n) is 10.8. The van der Waals surface area contributed by atoms with Crippen molar-refractivity contribution in [2.75, 3.05) is 4.72 Å². The Balaban J connectivity index is 2.71. The van der Waals surface area contributed by atoms with E-state index < -0.39 is 28.4 Å². The summed E-state index contributed by atoms with van der Waals surface area (Å²) in [6, 6.07) is 4.98. The number of rotatable bonds is 5. The zero-order valence-corrected chi connectivity index (χ0v) is 11.6. The molecule has 0 atom stereocenters. The number of benzene rings is 1. The Hall–Kier alpha value is -2.29. The minimum atomic E-state index is -4.13. The Labute approximate surface area is 115 Å². The maximum atomic E-state index is 11.6. The van der Waals surface area contributed by atoms with Crippen LogP contribution in [0.3, 0.4) is 0 Å². The number of nitrogens with one attached hydrogen (secondary N) is 2. The van der Waals surface area contributed by atoms with Gasteiger partial charge in [0.2, 0.25) is 0 Å². The van der Waals surface area contributed by atoms with Crippen molar-refractivity contribution in [1.82, 2.24) is 4.72 Å². The average molecular weight is 302 g/mol. The Morgan fingerprint density at radius 2 is 1.75 bits per heavy atom. The van der Waals surface area contributed by atoms with Gasteiger partial charge in [-0.1, -0.05) is 0 Å². The molecule has 0 saturated heterocycles. The molecule has 1 aromatic carbocycles. The smallest absolute Gasteiger partial charge is 0.422 e. The fourth-order valence-corrected chi connectivity index (χ4v) is 1.97. The predicted molar refractivity (Wildman–Crippen MR) is 70.7 cm³/mol. The Kier molecular flexibility index (Phi) is 4.92. The highest BCUT2D eigenvalue weighted by atomic mass is 32.2. The molecule has 0 aliphatic heterocycles. The van der Waals surface area contributed by atoms with Crippen LogP contribution in [0.4, 0.5) is 10.5 Å². The van der Waals surface area contributed by atoms with Crippen LogP contribution in [0.5, 0.6) is 0 Å². The van der Waals surface area contributed by atoms with Gasteiger partial charge >= 0.3 is 22.3 Å². The first-order chi connectivity index (χ1) is 9.19. The van der Waals surface area contributed by atoms with E-state index in [1.165, 1.54) is 24.3 Å². The summed E-state index contributed by atoms with van der Waals surface area (Å²) in [5, 5.41) is 8.70. The molecule has 110 valence electrons. The van der Waals surface area contributed by atoms with Crippen LogP contribution in [-0.2, 0) is 14.9 Å². The lowest BCUT2D eigenvalue weighted by Gasteiger charge is -2.11. The van der Waals surface area contributed by atoms with Crippen LogP contribution in [0, 0.1) is 0 Å². The second-order valence-electron chi connectivity index (χ2n) is 4.04. The predicted octanol–water partition coefficient (Wildman–Crippen LogP) is 1.18. The second-order valence-corrected chi connectivity index (χ2v) is 5.46. The van der Waals surface area contributed by atoms with Gasteiger partial charge in [-0.05, 0) is 38.1 Å². The quantitative estimate of drug-likeness (QED) is 0.750. The third-order valence-corrected chi connectivity index (χ3v) is 2.88. The number of anilines is 1. The maximum absolute atomic E-state index is 11.6. The highest BCUT2D eigenvalue weighted by Gasteiger charge is 2.16. The SMILES string of the molecule is CC(C)OC(=O)NS(=O)(=O)Nc1ccc(C(=O)O)cc1. The Morgan fingerprint density at radius 3 is 2.20 bits per heavy atom. The van der Waals surface area contributed by atoms with Gasteiger partial charge in [0.25, 0.3) is 0 Å². The molecule has 8 nitrogen and oxygen atoms in total. The van der Waals surface area contributed by atoms with Crippen LogP contribution in [-0.4, -0.2) is 31.7 Å². The Bertz CT molecular complexity index is 594. The maximum Gasteiger partial charge on any atom is 0.422 e. The molecule has 1 aromatic rings. The van der Waals surface area contributed by atoms with Crippen LogP contribution < -0.4 is 9.44 Å². The lowest BCUT2D eigenvalue weighted by molar-refractivity contribution is 0.0696. The van der Waals surface area contributed by atoms with Gasteiger partial charge in [0.05, 0.1) is 17.4 Å². The van der Waals surface area contributed by atoms with Crippen LogP contribution in [0.15, 0.2) is 24.3 Å². The average Bonchev–Trinajstić information content (AvgIpc) is 2.26. The molecule has 0 aliphatic rings. The highest BCUT2D eigenvalue weighted by Crippen LogP contribution is 2.10. The van der Waals surface area contributed by atoms with Crippen LogP contribution in [0.25, 0.3) is 0 Å². The Morgan fingerprint density at radius 1 is 1.20 bits per heavy atom. The molecule has 1 amide bonds. The number of carboxylic acid groups (broad SMARTS) is 1. The second kappa shape index (κ2) is 6.24. The molecule has 3 N–H and O–H groups in total. The summed E-state index contributed by atoms with van der Waals surface area (Å²) in [4.78, 5) is 21.8. The monoisotopic (exact) mass is 302 g/mol. The summed E-state index contributed by atoms with van der Waals surface area (Å²) >= 11 is 0. The first-order valence-electron chi connectivity index (χ1n) is 5.54. The largest absolute Gasteiger partial charge is 0.478 e. The number of amides is 1. The van der Waals surface area contributed by atoms with E-state index in [1.807, 2.05) is 0 Å². The fraction of sp³-hybridized carbons (Fsp3) is 0.273. The number of carboxylic acids is 1. The lowest BCUT2D eigenvalue weighted by atomic mass is 10.2. The van der Waals surface area contributed by atoms with Crippen LogP contribution in [0.2, 0.25) is 0 Å². The molecule has 0 radical (unpaired) electrons. The third-order valence-electron chi connectivity index (χ3n) is 1.94. The van der Waals surface area contributed by atoms with Gasteiger partial charge in [0, 0.05) is 0 Å². The normalized spacial score (nSPS) is 10.9. The third kappa shape index (κ3) is 5.14. The number of carbonyl (C=O) groups excluding carboxylic acids is 1. The van der Waals surface area contributed by atoms with Crippen molar-refractivity contribution in [3.8, 4) is 0 Å². The molecule has 9 heteroatoms. The molecule has 20 heavy (non-hydrogen) atoms. The van der Waals surface area contributed by atoms with Crippen molar-refractivity contribution < 1.29 is 27.9 Å². The number of carbonyl (C=O) groups is 2. The van der Waals surface area contributed by atoms with Crippen molar-refractivity contribution >= 4 is 28.0 Å². The van der Waals surface area contributed by atoms with E-state index in [0.29, 0.717) is 0 Å². The first-order valence-corrected chi connectivity index (χ1v) is 7.02. The van der Waals surface area contributed by atoms with E-state index >= 15 is 0 Å². The summed E-state index contributed by atoms with van der Waals surface area (Å²) in [7, 11) is -4.13. The van der Waals surface area contributed by atoms with Gasteiger partial charge in [0.1, 0.15) is 0 Å². The standard InChI is InChI=1S/C11H14N2O6S/c1-7(2)19-11(16)13-20(17,18)12-9-5-3-8(4-6-9)10(14)15/h3-7,12H,1-2H3,(H,13,16)(H,14,15). The number of hydrogen-bond acceptors (Lipinski definition) is 5. The van der Waals surface area contributed by atoms with Crippen molar-refractivity contribution in [1.29, 1.82) is 0 Å². The summed E-state index contributed by atoms with van der Waals surface area (Å²) < 4.78 is 31.5. The summed E-state index contributed by atoms with van der Waals surface area (Å²) in [5.41, 5.74) is 0.125. The molecule has 0 aromatic heterocycles. The topological polar surface area (TPSA) is 122 Å². The van der Waals surface area contributed by atoms with E-state index in [2.05, 4.69) is 9.46 Å². The molecule has 0 aliphatic carbocycles. The molecule has 0 bridgehead atoms. The fourth-order valence-electron chi connectivity index (χ4n) is 1.21. The molecule has 0 fully saturated rings. The van der Waals surface area contributed by atoms with E-state index in [4.69, 9.17) is 5.11 Å². The van der Waals surface area contributed by atoms with Gasteiger partial charge in [-0.3, -0.25) is 4.72 Å². The molecule has 0 unspecified atom stereocenters. The van der Waals surface area contributed by atoms with Crippen molar-refractivity contribution in [3.63, 3.8) is 0 Å². The van der Waals surface area contributed by atoms with Gasteiger partial charge in [0.15, 0.2) is 0 Å². The highest BCUT2D eigenvalue weighted by molar-refractivity contribution is 7.91. The van der Waals surface area contributed by atoms with Crippen LogP contribution >= 0.6 is 0 Å².